The van der Waals surface area contributed by atoms with Gasteiger partial charge < -0.3 is 4.18 Å². The predicted molar refractivity (Wildman–Crippen MR) is 79.4 cm³/mol. The molecule has 1 aromatic carbocycles. The number of benzene rings is 1. The van der Waals surface area contributed by atoms with Crippen LogP contribution in [0.2, 0.25) is 0 Å². The van der Waals surface area contributed by atoms with Gasteiger partial charge in [0.2, 0.25) is 0 Å². The molecule has 0 aromatic heterocycles. The van der Waals surface area contributed by atoms with Crippen LogP contribution in [-0.4, -0.2) is 13.9 Å². The van der Waals surface area contributed by atoms with Crippen LogP contribution in [0.15, 0.2) is 18.2 Å². The first-order valence-electron chi connectivity index (χ1n) is 6.72. The van der Waals surface area contributed by atoms with Crippen LogP contribution in [0.5, 0.6) is 5.75 Å². The van der Waals surface area contributed by atoms with Crippen molar-refractivity contribution >= 4 is 10.1 Å². The first kappa shape index (κ1) is 18.8. The molecule has 1 aromatic rings. The highest BCUT2D eigenvalue weighted by Gasteiger charge is 2.49. The van der Waals surface area contributed by atoms with Crippen molar-refractivity contribution in [3.05, 3.63) is 29.3 Å². The van der Waals surface area contributed by atoms with Gasteiger partial charge in [0.25, 0.3) is 0 Å². The lowest BCUT2D eigenvalue weighted by Crippen LogP contribution is -2.30. The van der Waals surface area contributed by atoms with E-state index in [1.807, 2.05) is 0 Å². The highest BCUT2D eigenvalue weighted by atomic mass is 32.2. The molecular weight excluding hydrogens is 317 g/mol. The van der Waals surface area contributed by atoms with Gasteiger partial charge in [-0.25, -0.2) is 0 Å². The average Bonchev–Trinajstić information content (AvgIpc) is 2.23. The van der Waals surface area contributed by atoms with Crippen molar-refractivity contribution in [2.24, 2.45) is 0 Å². The lowest BCUT2D eigenvalue weighted by Gasteiger charge is -2.29. The minimum absolute atomic E-state index is 0.236. The van der Waals surface area contributed by atoms with E-state index in [2.05, 4.69) is 4.18 Å². The van der Waals surface area contributed by atoms with Crippen molar-refractivity contribution in [1.82, 2.24) is 0 Å². The van der Waals surface area contributed by atoms with E-state index in [0.717, 1.165) is 0 Å². The van der Waals surface area contributed by atoms with Crippen LogP contribution in [0.4, 0.5) is 13.2 Å². The van der Waals surface area contributed by atoms with Crippen LogP contribution in [-0.2, 0) is 20.9 Å². The van der Waals surface area contributed by atoms with Gasteiger partial charge in [-0.2, -0.15) is 21.6 Å². The quantitative estimate of drug-likeness (QED) is 0.588. The number of alkyl halides is 3. The minimum atomic E-state index is -5.72. The van der Waals surface area contributed by atoms with E-state index in [4.69, 9.17) is 0 Å². The van der Waals surface area contributed by atoms with Gasteiger partial charge in [0.05, 0.1) is 0 Å². The van der Waals surface area contributed by atoms with Crippen LogP contribution >= 0.6 is 0 Å². The monoisotopic (exact) mass is 338 g/mol. The van der Waals surface area contributed by atoms with Crippen molar-refractivity contribution in [2.45, 2.75) is 57.9 Å². The lowest BCUT2D eigenvalue weighted by atomic mass is 9.80. The molecular formula is C15H21F3O3S. The maximum Gasteiger partial charge on any atom is 0.534 e. The van der Waals surface area contributed by atoms with Gasteiger partial charge in [-0.05, 0) is 10.8 Å². The molecule has 0 saturated carbocycles. The van der Waals surface area contributed by atoms with Gasteiger partial charge in [-0.1, -0.05) is 59.7 Å². The van der Waals surface area contributed by atoms with E-state index in [1.165, 1.54) is 0 Å². The van der Waals surface area contributed by atoms with Gasteiger partial charge in [0.1, 0.15) is 5.75 Å². The molecule has 0 aliphatic heterocycles. The van der Waals surface area contributed by atoms with Crippen LogP contribution in [0, 0.1) is 0 Å². The summed E-state index contributed by atoms with van der Waals surface area (Å²) < 4.78 is 65.4. The SMILES string of the molecule is CC(C)(C)c1cccc(C(C)(C)C)c1OS(=O)(=O)C(F)(F)F. The molecule has 0 unspecified atom stereocenters. The Labute approximate surface area is 129 Å². The Morgan fingerprint density at radius 1 is 0.864 bits per heavy atom. The third kappa shape index (κ3) is 3.94. The number of para-hydroxylation sites is 1. The first-order valence-corrected chi connectivity index (χ1v) is 8.13. The zero-order valence-electron chi connectivity index (χ0n) is 13.5. The highest BCUT2D eigenvalue weighted by molar-refractivity contribution is 7.88. The molecule has 0 spiro atoms. The van der Waals surface area contributed by atoms with Gasteiger partial charge in [0, 0.05) is 11.1 Å². The number of hydrogen-bond donors (Lipinski definition) is 0. The zero-order chi connectivity index (χ0) is 17.6. The molecule has 0 bridgehead atoms. The summed E-state index contributed by atoms with van der Waals surface area (Å²) in [7, 11) is -5.72. The fourth-order valence-electron chi connectivity index (χ4n) is 1.96. The Morgan fingerprint density at radius 2 is 1.23 bits per heavy atom. The third-order valence-electron chi connectivity index (χ3n) is 3.11. The Bertz CT molecular complexity index is 616. The maximum absolute atomic E-state index is 12.7. The van der Waals surface area contributed by atoms with Crippen molar-refractivity contribution in [2.75, 3.05) is 0 Å². The van der Waals surface area contributed by atoms with Crippen LogP contribution in [0.1, 0.15) is 52.7 Å². The summed E-state index contributed by atoms with van der Waals surface area (Å²) in [4.78, 5) is 0. The summed E-state index contributed by atoms with van der Waals surface area (Å²) in [5, 5.41) is 0. The standard InChI is InChI=1S/C15H21F3O3S/c1-13(2,3)10-8-7-9-11(14(4,5)6)12(10)21-22(19,20)15(16,17)18/h7-9H,1-6H3. The van der Waals surface area contributed by atoms with E-state index in [9.17, 15) is 21.6 Å². The van der Waals surface area contributed by atoms with Crippen molar-refractivity contribution in [3.63, 3.8) is 0 Å². The molecule has 7 heteroatoms. The van der Waals surface area contributed by atoms with Gasteiger partial charge >= 0.3 is 15.6 Å². The summed E-state index contributed by atoms with van der Waals surface area (Å²) in [5.74, 6) is -0.236. The molecule has 0 aliphatic carbocycles. The van der Waals surface area contributed by atoms with Crippen molar-refractivity contribution in [1.29, 1.82) is 0 Å². The van der Waals surface area contributed by atoms with Gasteiger partial charge in [0.15, 0.2) is 0 Å². The average molecular weight is 338 g/mol. The normalized spacial score (nSPS) is 14.0. The summed E-state index contributed by atoms with van der Waals surface area (Å²) in [5.41, 5.74) is -5.79. The highest BCUT2D eigenvalue weighted by Crippen LogP contribution is 2.41. The number of rotatable bonds is 2. The zero-order valence-corrected chi connectivity index (χ0v) is 14.3. The largest absolute Gasteiger partial charge is 0.534 e. The van der Waals surface area contributed by atoms with Crippen LogP contribution in [0.3, 0.4) is 0 Å². The Kier molecular flexibility index (Phi) is 4.65. The number of halogens is 3. The third-order valence-corrected chi connectivity index (χ3v) is 4.06. The molecule has 126 valence electrons. The van der Waals surface area contributed by atoms with Crippen molar-refractivity contribution < 1.29 is 25.8 Å². The summed E-state index contributed by atoms with van der Waals surface area (Å²) in [6, 6.07) is 4.85. The molecule has 0 atom stereocenters. The molecule has 0 heterocycles. The van der Waals surface area contributed by atoms with Crippen LogP contribution in [0.25, 0.3) is 0 Å². The fourth-order valence-corrected chi connectivity index (χ4v) is 2.46. The lowest BCUT2D eigenvalue weighted by molar-refractivity contribution is -0.0501. The second kappa shape index (κ2) is 5.44. The summed E-state index contributed by atoms with van der Waals surface area (Å²) in [6.45, 7) is 10.7. The topological polar surface area (TPSA) is 43.4 Å². The first-order chi connectivity index (χ1) is 9.57. The van der Waals surface area contributed by atoms with Crippen LogP contribution < -0.4 is 4.18 Å². The van der Waals surface area contributed by atoms with E-state index in [1.54, 1.807) is 59.7 Å². The van der Waals surface area contributed by atoms with E-state index >= 15 is 0 Å². The Balaban J connectivity index is 3.63. The van der Waals surface area contributed by atoms with E-state index in [-0.39, 0.29) is 5.75 Å². The van der Waals surface area contributed by atoms with E-state index in [0.29, 0.717) is 11.1 Å². The fraction of sp³-hybridized carbons (Fsp3) is 0.600. The molecule has 0 fully saturated rings. The minimum Gasteiger partial charge on any atom is -0.375 e. The Morgan fingerprint density at radius 3 is 1.50 bits per heavy atom. The smallest absolute Gasteiger partial charge is 0.375 e. The van der Waals surface area contributed by atoms with Gasteiger partial charge in [-0.15, -0.1) is 0 Å². The molecule has 1 rings (SSSR count). The second-order valence-corrected chi connectivity index (χ2v) is 8.70. The predicted octanol–water partition coefficient (Wildman–Crippen LogP) is 4.51. The molecule has 0 amide bonds. The molecule has 0 saturated heterocycles. The second-order valence-electron chi connectivity index (χ2n) is 7.17. The molecule has 3 nitrogen and oxygen atoms in total. The molecule has 22 heavy (non-hydrogen) atoms. The Hall–Kier alpha value is -1.24. The summed E-state index contributed by atoms with van der Waals surface area (Å²) in [6.07, 6.45) is 0. The molecule has 0 radical (unpaired) electrons. The number of hydrogen-bond acceptors (Lipinski definition) is 3. The van der Waals surface area contributed by atoms with Crippen molar-refractivity contribution in [3.8, 4) is 5.75 Å². The van der Waals surface area contributed by atoms with Gasteiger partial charge in [-0.3, -0.25) is 0 Å². The summed E-state index contributed by atoms with van der Waals surface area (Å²) >= 11 is 0. The van der Waals surface area contributed by atoms with E-state index < -0.39 is 26.5 Å². The molecule has 0 aliphatic rings. The maximum atomic E-state index is 12.7. The molecule has 0 N–H and O–H groups in total.